The maximum Gasteiger partial charge on any atom is 0.320 e. The maximum atomic E-state index is 13.5. The van der Waals surface area contributed by atoms with Crippen LogP contribution in [0.1, 0.15) is 24.4 Å². The first kappa shape index (κ1) is 23.5. The number of piperidine rings is 1. The standard InChI is InChI=1S/C25H32ClN5O2/c1-29-15-17-30(18-16-29)22-11-13-31(14-12-22)24(32)23(19-5-3-2-4-6-19)28-25(33)27-21-9-7-20(26)8-10-21/h2-10,22-23H,11-18H2,1H3,(H2,27,28,33). The minimum Gasteiger partial charge on any atom is -0.340 e. The predicted molar refractivity (Wildman–Crippen MR) is 131 cm³/mol. The van der Waals surface area contributed by atoms with Crippen molar-refractivity contribution in [3.8, 4) is 0 Å². The SMILES string of the molecule is CN1CCN(C2CCN(C(=O)C(NC(=O)Nc3ccc(Cl)cc3)c3ccccc3)CC2)CC1. The minimum absolute atomic E-state index is 0.0655. The topological polar surface area (TPSA) is 67.9 Å². The highest BCUT2D eigenvalue weighted by Crippen LogP contribution is 2.23. The first-order chi connectivity index (χ1) is 16.0. The molecule has 0 spiro atoms. The van der Waals surface area contributed by atoms with Crippen molar-refractivity contribution < 1.29 is 9.59 Å². The Balaban J connectivity index is 1.39. The van der Waals surface area contributed by atoms with Crippen LogP contribution in [0.2, 0.25) is 5.02 Å². The fourth-order valence-corrected chi connectivity index (χ4v) is 4.71. The molecule has 1 atom stereocenters. The van der Waals surface area contributed by atoms with Crippen molar-refractivity contribution in [1.29, 1.82) is 0 Å². The summed E-state index contributed by atoms with van der Waals surface area (Å²) in [6.07, 6.45) is 1.93. The van der Waals surface area contributed by atoms with Crippen LogP contribution in [0, 0.1) is 0 Å². The van der Waals surface area contributed by atoms with Crippen LogP contribution < -0.4 is 10.6 Å². The lowest BCUT2D eigenvalue weighted by Crippen LogP contribution is -2.54. The third kappa shape index (κ3) is 6.25. The largest absolute Gasteiger partial charge is 0.340 e. The number of carbonyl (C=O) groups excluding carboxylic acids is 2. The zero-order chi connectivity index (χ0) is 23.2. The van der Waals surface area contributed by atoms with E-state index in [0.29, 0.717) is 29.8 Å². The van der Waals surface area contributed by atoms with E-state index in [1.807, 2.05) is 35.2 Å². The van der Waals surface area contributed by atoms with Gasteiger partial charge in [-0.3, -0.25) is 9.69 Å². The van der Waals surface area contributed by atoms with Crippen molar-refractivity contribution in [3.05, 3.63) is 65.2 Å². The Morgan fingerprint density at radius 3 is 2.18 bits per heavy atom. The first-order valence-electron chi connectivity index (χ1n) is 11.6. The molecule has 0 bridgehead atoms. The zero-order valence-electron chi connectivity index (χ0n) is 19.0. The third-order valence-electron chi connectivity index (χ3n) is 6.59. The van der Waals surface area contributed by atoms with Gasteiger partial charge < -0.3 is 20.4 Å². The normalized spacial score (nSPS) is 19.2. The molecule has 4 rings (SSSR count). The quantitative estimate of drug-likeness (QED) is 0.704. The van der Waals surface area contributed by atoms with Gasteiger partial charge >= 0.3 is 6.03 Å². The van der Waals surface area contributed by atoms with E-state index in [4.69, 9.17) is 11.6 Å². The average Bonchev–Trinajstić information content (AvgIpc) is 2.85. The molecule has 1 unspecified atom stereocenters. The van der Waals surface area contributed by atoms with Gasteiger partial charge in [0.25, 0.3) is 0 Å². The van der Waals surface area contributed by atoms with Crippen LogP contribution in [0.15, 0.2) is 54.6 Å². The van der Waals surface area contributed by atoms with E-state index < -0.39 is 12.1 Å². The van der Waals surface area contributed by atoms with Crippen LogP contribution in [0.4, 0.5) is 10.5 Å². The van der Waals surface area contributed by atoms with Gasteiger partial charge in [0.05, 0.1) is 0 Å². The summed E-state index contributed by atoms with van der Waals surface area (Å²) in [6, 6.07) is 15.7. The number of nitrogens with one attached hydrogen (secondary N) is 2. The Bertz CT molecular complexity index is 924. The van der Waals surface area contributed by atoms with Gasteiger partial charge in [-0.05, 0) is 49.7 Å². The smallest absolute Gasteiger partial charge is 0.320 e. The van der Waals surface area contributed by atoms with E-state index in [0.717, 1.165) is 44.6 Å². The molecule has 2 aromatic rings. The number of urea groups is 1. The number of piperazine rings is 1. The van der Waals surface area contributed by atoms with Gasteiger partial charge in [0.2, 0.25) is 5.91 Å². The summed E-state index contributed by atoms with van der Waals surface area (Å²) in [4.78, 5) is 33.0. The number of likely N-dealkylation sites (N-methyl/N-ethyl adjacent to an activating group) is 1. The van der Waals surface area contributed by atoms with E-state index in [1.54, 1.807) is 24.3 Å². The Labute approximate surface area is 200 Å². The van der Waals surface area contributed by atoms with Crippen molar-refractivity contribution in [2.24, 2.45) is 0 Å². The molecule has 2 saturated heterocycles. The average molecular weight is 470 g/mol. The number of amides is 3. The molecule has 2 aliphatic rings. The van der Waals surface area contributed by atoms with Crippen LogP contribution in [0.5, 0.6) is 0 Å². The second-order valence-corrected chi connectivity index (χ2v) is 9.28. The molecule has 2 N–H and O–H groups in total. The van der Waals surface area contributed by atoms with Crippen molar-refractivity contribution >= 4 is 29.2 Å². The third-order valence-corrected chi connectivity index (χ3v) is 6.84. The molecule has 2 heterocycles. The summed E-state index contributed by atoms with van der Waals surface area (Å²) in [5, 5.41) is 6.27. The maximum absolute atomic E-state index is 13.5. The lowest BCUT2D eigenvalue weighted by Gasteiger charge is -2.42. The first-order valence-corrected chi connectivity index (χ1v) is 12.0. The molecular formula is C25H32ClN5O2. The Kier molecular flexibility index (Phi) is 7.85. The van der Waals surface area contributed by atoms with E-state index >= 15 is 0 Å². The lowest BCUT2D eigenvalue weighted by atomic mass is 9.99. The monoisotopic (exact) mass is 469 g/mol. The van der Waals surface area contributed by atoms with E-state index in [1.165, 1.54) is 0 Å². The molecule has 176 valence electrons. The van der Waals surface area contributed by atoms with Gasteiger partial charge in [0.1, 0.15) is 6.04 Å². The predicted octanol–water partition coefficient (Wildman–Crippen LogP) is 3.44. The molecular weight excluding hydrogens is 438 g/mol. The molecule has 2 aromatic carbocycles. The van der Waals surface area contributed by atoms with E-state index in [9.17, 15) is 9.59 Å². The van der Waals surface area contributed by atoms with Gasteiger partial charge in [-0.25, -0.2) is 4.79 Å². The van der Waals surface area contributed by atoms with Gasteiger partial charge in [-0.1, -0.05) is 41.9 Å². The number of hydrogen-bond acceptors (Lipinski definition) is 4. The van der Waals surface area contributed by atoms with Gasteiger partial charge in [0.15, 0.2) is 0 Å². The van der Waals surface area contributed by atoms with Crippen molar-refractivity contribution in [2.45, 2.75) is 24.9 Å². The molecule has 0 aliphatic carbocycles. The second-order valence-electron chi connectivity index (χ2n) is 8.84. The number of halogens is 1. The van der Waals surface area contributed by atoms with Crippen LogP contribution in [-0.2, 0) is 4.79 Å². The molecule has 7 nitrogen and oxygen atoms in total. The number of hydrogen-bond donors (Lipinski definition) is 2. The van der Waals surface area contributed by atoms with Crippen LogP contribution >= 0.6 is 11.6 Å². The van der Waals surface area contributed by atoms with Crippen LogP contribution in [0.25, 0.3) is 0 Å². The van der Waals surface area contributed by atoms with Crippen molar-refractivity contribution in [1.82, 2.24) is 20.0 Å². The Morgan fingerprint density at radius 1 is 0.909 bits per heavy atom. The fourth-order valence-electron chi connectivity index (χ4n) is 4.59. The van der Waals surface area contributed by atoms with Crippen LogP contribution in [-0.4, -0.2) is 79.0 Å². The molecule has 0 saturated carbocycles. The van der Waals surface area contributed by atoms with Gasteiger partial charge in [-0.2, -0.15) is 0 Å². The van der Waals surface area contributed by atoms with Crippen molar-refractivity contribution in [2.75, 3.05) is 51.6 Å². The summed E-state index contributed by atoms with van der Waals surface area (Å²) in [5.74, 6) is -0.0655. The summed E-state index contributed by atoms with van der Waals surface area (Å²) >= 11 is 5.92. The number of rotatable bonds is 5. The summed E-state index contributed by atoms with van der Waals surface area (Å²) < 4.78 is 0. The highest BCUT2D eigenvalue weighted by Gasteiger charge is 2.32. The number of anilines is 1. The van der Waals surface area contributed by atoms with Gasteiger partial charge in [0, 0.05) is 56.0 Å². The number of benzene rings is 2. The number of nitrogens with zero attached hydrogens (tertiary/aromatic N) is 3. The Morgan fingerprint density at radius 2 is 1.55 bits per heavy atom. The van der Waals surface area contributed by atoms with Crippen LogP contribution in [0.3, 0.4) is 0 Å². The molecule has 2 aliphatic heterocycles. The van der Waals surface area contributed by atoms with Gasteiger partial charge in [-0.15, -0.1) is 0 Å². The minimum atomic E-state index is -0.737. The number of carbonyl (C=O) groups is 2. The highest BCUT2D eigenvalue weighted by molar-refractivity contribution is 6.30. The Hall–Kier alpha value is -2.61. The lowest BCUT2D eigenvalue weighted by molar-refractivity contribution is -0.135. The molecule has 33 heavy (non-hydrogen) atoms. The summed E-state index contributed by atoms with van der Waals surface area (Å²) in [6.45, 7) is 5.80. The highest BCUT2D eigenvalue weighted by atomic mass is 35.5. The number of likely N-dealkylation sites (tertiary alicyclic amines) is 1. The van der Waals surface area contributed by atoms with E-state index in [-0.39, 0.29) is 5.91 Å². The molecule has 2 fully saturated rings. The zero-order valence-corrected chi connectivity index (χ0v) is 19.8. The van der Waals surface area contributed by atoms with Crippen molar-refractivity contribution in [3.63, 3.8) is 0 Å². The molecule has 8 heteroatoms. The fraction of sp³-hybridized carbons (Fsp3) is 0.440. The molecule has 3 amide bonds. The molecule has 0 aromatic heterocycles. The van der Waals surface area contributed by atoms with E-state index in [2.05, 4.69) is 27.5 Å². The summed E-state index contributed by atoms with van der Waals surface area (Å²) in [7, 11) is 2.17. The molecule has 0 radical (unpaired) electrons. The second kappa shape index (κ2) is 11.0. The summed E-state index contributed by atoms with van der Waals surface area (Å²) in [5.41, 5.74) is 1.39.